The Morgan fingerprint density at radius 3 is 2.68 bits per heavy atom. The van der Waals surface area contributed by atoms with Crippen molar-refractivity contribution < 1.29 is 14.3 Å². The fourth-order valence-electron chi connectivity index (χ4n) is 1.68. The number of para-hydroxylation sites is 1. The van der Waals surface area contributed by atoms with Crippen LogP contribution in [0.5, 0.6) is 5.75 Å². The highest BCUT2D eigenvalue weighted by atomic mass is 19.1. The number of amidine groups is 1. The molecule has 0 aliphatic rings. The molecule has 1 aromatic carbocycles. The largest absolute Gasteiger partial charge is 0.491 e. The minimum Gasteiger partial charge on any atom is -0.491 e. The molecule has 0 atom stereocenters. The van der Waals surface area contributed by atoms with E-state index in [9.17, 15) is 4.39 Å². The monoisotopic (exact) mass is 268 g/mol. The van der Waals surface area contributed by atoms with Crippen molar-refractivity contribution in [1.82, 2.24) is 0 Å². The van der Waals surface area contributed by atoms with Crippen LogP contribution in [0.25, 0.3) is 0 Å². The van der Waals surface area contributed by atoms with E-state index in [1.54, 1.807) is 18.2 Å². The minimum absolute atomic E-state index is 0.225. The van der Waals surface area contributed by atoms with Gasteiger partial charge in [-0.3, -0.25) is 0 Å². The van der Waals surface area contributed by atoms with Crippen LogP contribution in [0.1, 0.15) is 33.1 Å². The normalized spacial score (nSPS) is 12.5. The Balaban J connectivity index is 2.27. The molecule has 0 saturated heterocycles. The van der Waals surface area contributed by atoms with Crippen LogP contribution >= 0.6 is 0 Å². The molecule has 0 aliphatic carbocycles. The summed E-state index contributed by atoms with van der Waals surface area (Å²) in [6.07, 6.45) is 2.43. The summed E-state index contributed by atoms with van der Waals surface area (Å²) in [5.74, 6) is 0.153. The summed E-state index contributed by atoms with van der Waals surface area (Å²) in [6.45, 7) is 4.28. The van der Waals surface area contributed by atoms with E-state index >= 15 is 0 Å². The second kappa shape index (κ2) is 6.97. The first-order chi connectivity index (χ1) is 8.97. The second-order valence-corrected chi connectivity index (χ2v) is 5.11. The van der Waals surface area contributed by atoms with Crippen molar-refractivity contribution in [3.63, 3.8) is 0 Å². The van der Waals surface area contributed by atoms with Crippen molar-refractivity contribution in [2.45, 2.75) is 33.1 Å². The molecular formula is C14H21FN2O2. The Labute approximate surface area is 113 Å². The number of unbranched alkanes of at least 4 members (excludes halogenated alkanes) is 1. The summed E-state index contributed by atoms with van der Waals surface area (Å²) in [5.41, 5.74) is 5.26. The highest BCUT2D eigenvalue weighted by molar-refractivity contribution is 5.85. The van der Waals surface area contributed by atoms with Gasteiger partial charge in [-0.25, -0.2) is 4.39 Å². The predicted molar refractivity (Wildman–Crippen MR) is 72.9 cm³/mol. The zero-order chi connectivity index (χ0) is 14.3. The van der Waals surface area contributed by atoms with Crippen LogP contribution in [0.2, 0.25) is 0 Å². The maximum Gasteiger partial charge on any atom is 0.165 e. The van der Waals surface area contributed by atoms with E-state index in [0.717, 1.165) is 19.3 Å². The summed E-state index contributed by atoms with van der Waals surface area (Å²) < 4.78 is 18.6. The first-order valence-electron chi connectivity index (χ1n) is 6.32. The molecule has 19 heavy (non-hydrogen) atoms. The van der Waals surface area contributed by atoms with Crippen LogP contribution in [0.4, 0.5) is 4.39 Å². The van der Waals surface area contributed by atoms with Crippen molar-refractivity contribution in [1.29, 1.82) is 0 Å². The topological polar surface area (TPSA) is 67.8 Å². The molecule has 106 valence electrons. The summed E-state index contributed by atoms with van der Waals surface area (Å²) in [6, 6.07) is 6.34. The summed E-state index contributed by atoms with van der Waals surface area (Å²) in [5, 5.41) is 11.7. The molecule has 0 amide bonds. The molecule has 4 nitrogen and oxygen atoms in total. The third kappa shape index (κ3) is 4.77. The average molecular weight is 268 g/mol. The smallest absolute Gasteiger partial charge is 0.165 e. The van der Waals surface area contributed by atoms with Crippen LogP contribution in [-0.4, -0.2) is 17.6 Å². The molecule has 0 aromatic heterocycles. The van der Waals surface area contributed by atoms with Crippen LogP contribution in [0.15, 0.2) is 29.4 Å². The molecule has 0 bridgehead atoms. The summed E-state index contributed by atoms with van der Waals surface area (Å²) >= 11 is 0. The number of halogens is 1. The molecule has 0 spiro atoms. The van der Waals surface area contributed by atoms with Gasteiger partial charge < -0.3 is 15.7 Å². The summed E-state index contributed by atoms with van der Waals surface area (Å²) in [7, 11) is 0. The van der Waals surface area contributed by atoms with E-state index in [2.05, 4.69) is 5.16 Å². The van der Waals surface area contributed by atoms with Gasteiger partial charge in [0.2, 0.25) is 0 Å². The third-order valence-corrected chi connectivity index (χ3v) is 3.09. The Morgan fingerprint density at radius 1 is 1.37 bits per heavy atom. The molecule has 3 N–H and O–H groups in total. The lowest BCUT2D eigenvalue weighted by Gasteiger charge is -2.22. The zero-order valence-corrected chi connectivity index (χ0v) is 11.4. The number of benzene rings is 1. The number of nitrogens with two attached hydrogens (primary N) is 1. The van der Waals surface area contributed by atoms with Gasteiger partial charge in [-0.2, -0.15) is 0 Å². The van der Waals surface area contributed by atoms with Crippen molar-refractivity contribution >= 4 is 5.84 Å². The van der Waals surface area contributed by atoms with Gasteiger partial charge in [-0.1, -0.05) is 31.1 Å². The van der Waals surface area contributed by atoms with Crippen LogP contribution < -0.4 is 10.5 Å². The molecular weight excluding hydrogens is 247 g/mol. The number of hydrogen-bond acceptors (Lipinski definition) is 3. The minimum atomic E-state index is -0.348. The maximum absolute atomic E-state index is 13.3. The number of oxime groups is 1. The third-order valence-electron chi connectivity index (χ3n) is 3.09. The fourth-order valence-corrected chi connectivity index (χ4v) is 1.68. The van der Waals surface area contributed by atoms with Crippen LogP contribution in [0.3, 0.4) is 0 Å². The van der Waals surface area contributed by atoms with Gasteiger partial charge in [0, 0.05) is 5.41 Å². The van der Waals surface area contributed by atoms with Crippen molar-refractivity contribution in [2.75, 3.05) is 6.61 Å². The maximum atomic E-state index is 13.3. The number of nitrogens with zero attached hydrogens (tertiary/aromatic N) is 1. The Bertz CT molecular complexity index is 433. The molecule has 5 heteroatoms. The standard InChI is InChI=1S/C14H21FN2O2/c1-14(2,13(16)17-18)9-5-6-10-19-12-8-4-3-7-11(12)15/h3-4,7-8,18H,5-6,9-10H2,1-2H3,(H2,16,17). The molecule has 0 aliphatic heterocycles. The van der Waals surface area contributed by atoms with Gasteiger partial charge >= 0.3 is 0 Å². The van der Waals surface area contributed by atoms with Crippen LogP contribution in [-0.2, 0) is 0 Å². The molecule has 0 unspecified atom stereocenters. The average Bonchev–Trinajstić information content (AvgIpc) is 2.39. The van der Waals surface area contributed by atoms with Crippen molar-refractivity contribution in [2.24, 2.45) is 16.3 Å². The molecule has 1 rings (SSSR count). The SMILES string of the molecule is CC(C)(CCCCOc1ccccc1F)/C(N)=N/O. The fraction of sp³-hybridized carbons (Fsp3) is 0.500. The zero-order valence-electron chi connectivity index (χ0n) is 11.4. The molecule has 0 saturated carbocycles. The number of ether oxygens (including phenoxy) is 1. The molecule has 1 aromatic rings. The quantitative estimate of drug-likeness (QED) is 0.262. The van der Waals surface area contributed by atoms with E-state index in [1.165, 1.54) is 6.07 Å². The van der Waals surface area contributed by atoms with Gasteiger partial charge in [0.05, 0.1) is 6.61 Å². The lowest BCUT2D eigenvalue weighted by Crippen LogP contribution is -2.31. The van der Waals surface area contributed by atoms with E-state index in [1.807, 2.05) is 13.8 Å². The van der Waals surface area contributed by atoms with Gasteiger partial charge in [-0.15, -0.1) is 0 Å². The lowest BCUT2D eigenvalue weighted by atomic mass is 9.86. The Hall–Kier alpha value is -1.78. The first kappa shape index (κ1) is 15.3. The van der Waals surface area contributed by atoms with Gasteiger partial charge in [0.1, 0.15) is 5.84 Å². The van der Waals surface area contributed by atoms with Crippen molar-refractivity contribution in [3.05, 3.63) is 30.1 Å². The van der Waals surface area contributed by atoms with E-state index in [0.29, 0.717) is 6.61 Å². The summed E-state index contributed by atoms with van der Waals surface area (Å²) in [4.78, 5) is 0. The van der Waals surface area contributed by atoms with Gasteiger partial charge in [0.15, 0.2) is 11.6 Å². The van der Waals surface area contributed by atoms with Crippen LogP contribution in [0, 0.1) is 11.2 Å². The highest BCUT2D eigenvalue weighted by Crippen LogP contribution is 2.23. The van der Waals surface area contributed by atoms with Gasteiger partial charge in [-0.05, 0) is 31.4 Å². The Morgan fingerprint density at radius 2 is 2.05 bits per heavy atom. The molecule has 0 radical (unpaired) electrons. The van der Waals surface area contributed by atoms with E-state index < -0.39 is 0 Å². The molecule has 0 fully saturated rings. The second-order valence-electron chi connectivity index (χ2n) is 5.11. The van der Waals surface area contributed by atoms with Crippen molar-refractivity contribution in [3.8, 4) is 5.75 Å². The van der Waals surface area contributed by atoms with E-state index in [4.69, 9.17) is 15.7 Å². The lowest BCUT2D eigenvalue weighted by molar-refractivity contribution is 0.279. The van der Waals surface area contributed by atoms with Gasteiger partial charge in [0.25, 0.3) is 0 Å². The number of rotatable bonds is 7. The first-order valence-corrected chi connectivity index (χ1v) is 6.32. The Kier molecular flexibility index (Phi) is 5.60. The number of hydrogen-bond donors (Lipinski definition) is 2. The van der Waals surface area contributed by atoms with E-state index in [-0.39, 0.29) is 22.8 Å². The molecule has 0 heterocycles. The highest BCUT2D eigenvalue weighted by Gasteiger charge is 2.22. The predicted octanol–water partition coefficient (Wildman–Crippen LogP) is 3.15.